The van der Waals surface area contributed by atoms with Crippen LogP contribution < -0.4 is 5.56 Å². The van der Waals surface area contributed by atoms with Crippen molar-refractivity contribution in [2.45, 2.75) is 32.9 Å². The number of rotatable bonds is 4. The Kier molecular flexibility index (Phi) is 4.71. The first kappa shape index (κ1) is 18.8. The maximum Gasteiger partial charge on any atom is 0.349 e. The van der Waals surface area contributed by atoms with E-state index in [2.05, 4.69) is 17.1 Å². The molecule has 0 bridgehead atoms. The number of hydrogen-bond acceptors (Lipinski definition) is 5. The second-order valence-electron chi connectivity index (χ2n) is 7.46. The summed E-state index contributed by atoms with van der Waals surface area (Å²) in [4.78, 5) is 31.2. The molecule has 0 aliphatic carbocycles. The maximum absolute atomic E-state index is 12.8. The SMILES string of the molecule is Cc1c(C(=O)OCc2ccc(-c3ccccc3)cc2)sc2nc3n(c(=O)c12)CCC3. The van der Waals surface area contributed by atoms with Crippen molar-refractivity contribution in [2.24, 2.45) is 0 Å². The molecule has 3 heterocycles. The van der Waals surface area contributed by atoms with E-state index in [1.807, 2.05) is 42.5 Å². The maximum atomic E-state index is 12.8. The zero-order valence-corrected chi connectivity index (χ0v) is 17.4. The monoisotopic (exact) mass is 416 g/mol. The summed E-state index contributed by atoms with van der Waals surface area (Å²) in [6.45, 7) is 2.69. The molecular weight excluding hydrogens is 396 g/mol. The third kappa shape index (κ3) is 3.23. The van der Waals surface area contributed by atoms with Gasteiger partial charge in [0.15, 0.2) is 0 Å². The molecule has 0 amide bonds. The quantitative estimate of drug-likeness (QED) is 0.451. The molecule has 0 radical (unpaired) electrons. The van der Waals surface area contributed by atoms with Crippen LogP contribution in [-0.4, -0.2) is 15.5 Å². The van der Waals surface area contributed by atoms with Gasteiger partial charge < -0.3 is 4.74 Å². The fraction of sp³-hybridized carbons (Fsp3) is 0.208. The van der Waals surface area contributed by atoms with Crippen LogP contribution in [0.15, 0.2) is 59.4 Å². The topological polar surface area (TPSA) is 61.2 Å². The number of aryl methyl sites for hydroxylation is 2. The van der Waals surface area contributed by atoms with Crippen molar-refractivity contribution >= 4 is 27.5 Å². The van der Waals surface area contributed by atoms with Crippen LogP contribution in [0.3, 0.4) is 0 Å². The summed E-state index contributed by atoms with van der Waals surface area (Å²) < 4.78 is 7.27. The summed E-state index contributed by atoms with van der Waals surface area (Å²) in [7, 11) is 0. The van der Waals surface area contributed by atoms with Crippen LogP contribution in [0.1, 0.15) is 33.0 Å². The van der Waals surface area contributed by atoms with Gasteiger partial charge in [-0.25, -0.2) is 9.78 Å². The molecule has 4 aromatic rings. The lowest BCUT2D eigenvalue weighted by Gasteiger charge is -2.06. The number of aromatic nitrogens is 2. The van der Waals surface area contributed by atoms with Gasteiger partial charge in [0.1, 0.15) is 22.1 Å². The zero-order valence-electron chi connectivity index (χ0n) is 16.6. The first-order valence-electron chi connectivity index (χ1n) is 9.96. The number of nitrogens with zero attached hydrogens (tertiary/aromatic N) is 2. The first-order valence-corrected chi connectivity index (χ1v) is 10.8. The molecule has 0 fully saturated rings. The largest absolute Gasteiger partial charge is 0.457 e. The van der Waals surface area contributed by atoms with E-state index >= 15 is 0 Å². The van der Waals surface area contributed by atoms with Gasteiger partial charge in [0.25, 0.3) is 5.56 Å². The molecule has 0 saturated carbocycles. The standard InChI is InChI=1S/C24H20N2O3S/c1-15-20-22(25-19-8-5-13-26(19)23(20)27)30-21(15)24(28)29-14-16-9-11-18(12-10-16)17-6-3-2-4-7-17/h2-4,6-7,9-12H,5,8,13-14H2,1H3. The normalized spacial score (nSPS) is 12.8. The molecule has 1 aliphatic rings. The van der Waals surface area contributed by atoms with Crippen molar-refractivity contribution in [3.8, 4) is 11.1 Å². The molecular formula is C24H20N2O3S. The predicted octanol–water partition coefficient (Wildman–Crippen LogP) is 4.74. The lowest BCUT2D eigenvalue weighted by Crippen LogP contribution is -2.20. The minimum absolute atomic E-state index is 0.0446. The van der Waals surface area contributed by atoms with E-state index in [-0.39, 0.29) is 12.2 Å². The minimum Gasteiger partial charge on any atom is -0.457 e. The molecule has 0 unspecified atom stereocenters. The van der Waals surface area contributed by atoms with E-state index < -0.39 is 5.97 Å². The van der Waals surface area contributed by atoms with Crippen LogP contribution in [-0.2, 0) is 24.3 Å². The summed E-state index contributed by atoms with van der Waals surface area (Å²) in [6.07, 6.45) is 1.75. The second-order valence-corrected chi connectivity index (χ2v) is 8.46. The number of carbonyl (C=O) groups is 1. The van der Waals surface area contributed by atoms with Gasteiger partial charge in [-0.2, -0.15) is 0 Å². The van der Waals surface area contributed by atoms with Crippen LogP contribution in [0.2, 0.25) is 0 Å². The summed E-state index contributed by atoms with van der Waals surface area (Å²) in [6, 6.07) is 18.1. The molecule has 0 atom stereocenters. The number of benzene rings is 2. The van der Waals surface area contributed by atoms with Crippen molar-refractivity contribution in [3.05, 3.63) is 86.8 Å². The second kappa shape index (κ2) is 7.54. The summed E-state index contributed by atoms with van der Waals surface area (Å²) in [5.74, 6) is 0.402. The molecule has 0 N–H and O–H groups in total. The van der Waals surface area contributed by atoms with Gasteiger partial charge in [-0.1, -0.05) is 54.6 Å². The van der Waals surface area contributed by atoms with Gasteiger partial charge in [0.2, 0.25) is 0 Å². The van der Waals surface area contributed by atoms with Crippen LogP contribution in [0.25, 0.3) is 21.3 Å². The summed E-state index contributed by atoms with van der Waals surface area (Å²) in [5, 5.41) is 0.546. The minimum atomic E-state index is -0.410. The van der Waals surface area contributed by atoms with Crippen LogP contribution >= 0.6 is 11.3 Å². The van der Waals surface area contributed by atoms with E-state index in [9.17, 15) is 9.59 Å². The molecule has 1 aliphatic heterocycles. The number of fused-ring (bicyclic) bond motifs is 2. The van der Waals surface area contributed by atoms with Gasteiger partial charge in [-0.15, -0.1) is 11.3 Å². The Bertz CT molecular complexity index is 1300. The molecule has 6 heteroatoms. The number of hydrogen-bond donors (Lipinski definition) is 0. The zero-order chi connectivity index (χ0) is 20.7. The molecule has 2 aromatic heterocycles. The third-order valence-electron chi connectivity index (χ3n) is 5.53. The Labute approximate surface area is 177 Å². The molecule has 2 aromatic carbocycles. The van der Waals surface area contributed by atoms with Gasteiger partial charge >= 0.3 is 5.97 Å². The fourth-order valence-electron chi connectivity index (χ4n) is 3.91. The molecule has 30 heavy (non-hydrogen) atoms. The fourth-order valence-corrected chi connectivity index (χ4v) is 4.99. The number of carbonyl (C=O) groups excluding carboxylic acids is 1. The number of thiophene rings is 1. The lowest BCUT2D eigenvalue weighted by atomic mass is 10.0. The first-order chi connectivity index (χ1) is 14.6. The third-order valence-corrected chi connectivity index (χ3v) is 6.69. The van der Waals surface area contributed by atoms with Crippen LogP contribution in [0.5, 0.6) is 0 Å². The number of ether oxygens (including phenoxy) is 1. The van der Waals surface area contributed by atoms with Crippen LogP contribution in [0, 0.1) is 6.92 Å². The highest BCUT2D eigenvalue weighted by Gasteiger charge is 2.24. The molecule has 5 nitrogen and oxygen atoms in total. The number of esters is 1. The van der Waals surface area contributed by atoms with Crippen molar-refractivity contribution in [1.29, 1.82) is 0 Å². The average molecular weight is 417 g/mol. The molecule has 150 valence electrons. The smallest absolute Gasteiger partial charge is 0.349 e. The van der Waals surface area contributed by atoms with Crippen molar-refractivity contribution in [1.82, 2.24) is 9.55 Å². The van der Waals surface area contributed by atoms with Crippen molar-refractivity contribution < 1.29 is 9.53 Å². The van der Waals surface area contributed by atoms with Gasteiger partial charge in [0, 0.05) is 13.0 Å². The molecule has 5 rings (SSSR count). The Morgan fingerprint density at radius 3 is 2.60 bits per heavy atom. The highest BCUT2D eigenvalue weighted by Crippen LogP contribution is 2.29. The predicted molar refractivity (Wildman–Crippen MR) is 118 cm³/mol. The molecule has 0 saturated heterocycles. The highest BCUT2D eigenvalue weighted by molar-refractivity contribution is 7.20. The lowest BCUT2D eigenvalue weighted by molar-refractivity contribution is 0.0478. The van der Waals surface area contributed by atoms with Gasteiger partial charge in [-0.05, 0) is 35.6 Å². The van der Waals surface area contributed by atoms with Gasteiger partial charge in [0.05, 0.1) is 5.39 Å². The van der Waals surface area contributed by atoms with E-state index in [4.69, 9.17) is 4.74 Å². The Morgan fingerprint density at radius 1 is 1.10 bits per heavy atom. The molecule has 0 spiro atoms. The van der Waals surface area contributed by atoms with E-state index in [1.54, 1.807) is 11.5 Å². The summed E-state index contributed by atoms with van der Waals surface area (Å²) in [5.41, 5.74) is 3.80. The average Bonchev–Trinajstić information content (AvgIpc) is 3.38. The highest BCUT2D eigenvalue weighted by atomic mass is 32.1. The van der Waals surface area contributed by atoms with E-state index in [1.165, 1.54) is 11.3 Å². The van der Waals surface area contributed by atoms with Gasteiger partial charge in [-0.3, -0.25) is 9.36 Å². The Balaban J connectivity index is 1.35. The Morgan fingerprint density at radius 2 is 1.83 bits per heavy atom. The van der Waals surface area contributed by atoms with E-state index in [0.717, 1.165) is 35.4 Å². The Hall–Kier alpha value is -3.25. The van der Waals surface area contributed by atoms with Crippen LogP contribution in [0.4, 0.5) is 0 Å². The van der Waals surface area contributed by atoms with E-state index in [0.29, 0.717) is 27.2 Å². The van der Waals surface area contributed by atoms with Crippen molar-refractivity contribution in [3.63, 3.8) is 0 Å². The van der Waals surface area contributed by atoms with Crippen molar-refractivity contribution in [2.75, 3.05) is 0 Å². The summed E-state index contributed by atoms with van der Waals surface area (Å²) >= 11 is 1.25.